The molecular weight excluding hydrogens is 298 g/mol. The Hall–Kier alpha value is -2.12. The van der Waals surface area contributed by atoms with Gasteiger partial charge in [0.1, 0.15) is 6.61 Å². The van der Waals surface area contributed by atoms with E-state index in [1.807, 2.05) is 18.2 Å². The van der Waals surface area contributed by atoms with Crippen LogP contribution in [0, 0.1) is 19.3 Å². The maximum absolute atomic E-state index is 10.2. The summed E-state index contributed by atoms with van der Waals surface area (Å²) in [5, 5.41) is 10.2. The predicted octanol–water partition coefficient (Wildman–Crippen LogP) is 3.01. The zero-order valence-electron chi connectivity index (χ0n) is 14.2. The minimum absolute atomic E-state index is 0.230. The first-order chi connectivity index (χ1) is 11.7. The SMILES string of the molecule is C#CCOCC(O)CN(Cc1ccccc1)Cc1ccc(C)cc1. The maximum atomic E-state index is 10.2. The lowest BCUT2D eigenvalue weighted by Gasteiger charge is -2.25. The molecule has 24 heavy (non-hydrogen) atoms. The van der Waals surface area contributed by atoms with Crippen molar-refractivity contribution in [2.45, 2.75) is 26.1 Å². The summed E-state index contributed by atoms with van der Waals surface area (Å²) < 4.78 is 5.25. The van der Waals surface area contributed by atoms with Gasteiger partial charge >= 0.3 is 0 Å². The van der Waals surface area contributed by atoms with Crippen LogP contribution < -0.4 is 0 Å². The number of nitrogens with zero attached hydrogens (tertiary/aromatic N) is 1. The molecule has 0 saturated carbocycles. The fourth-order valence-electron chi connectivity index (χ4n) is 2.58. The number of rotatable bonds is 9. The summed E-state index contributed by atoms with van der Waals surface area (Å²) in [6.45, 7) is 4.66. The Morgan fingerprint density at radius 2 is 1.67 bits per heavy atom. The van der Waals surface area contributed by atoms with Gasteiger partial charge in [0.25, 0.3) is 0 Å². The summed E-state index contributed by atoms with van der Waals surface area (Å²) in [6.07, 6.45) is 4.60. The van der Waals surface area contributed by atoms with Crippen molar-refractivity contribution < 1.29 is 9.84 Å². The molecule has 3 nitrogen and oxygen atoms in total. The molecule has 0 amide bonds. The minimum atomic E-state index is -0.562. The number of hydrogen-bond donors (Lipinski definition) is 1. The maximum Gasteiger partial charge on any atom is 0.107 e. The smallest absolute Gasteiger partial charge is 0.107 e. The molecule has 0 aliphatic rings. The third kappa shape index (κ3) is 6.55. The Morgan fingerprint density at radius 1 is 1.04 bits per heavy atom. The molecule has 2 rings (SSSR count). The number of ether oxygens (including phenoxy) is 1. The topological polar surface area (TPSA) is 32.7 Å². The van der Waals surface area contributed by atoms with Crippen molar-refractivity contribution in [3.63, 3.8) is 0 Å². The highest BCUT2D eigenvalue weighted by Crippen LogP contribution is 2.12. The van der Waals surface area contributed by atoms with Crippen molar-refractivity contribution in [1.29, 1.82) is 0 Å². The van der Waals surface area contributed by atoms with Crippen LogP contribution >= 0.6 is 0 Å². The quantitative estimate of drug-likeness (QED) is 0.569. The van der Waals surface area contributed by atoms with E-state index < -0.39 is 6.10 Å². The number of benzene rings is 2. The van der Waals surface area contributed by atoms with E-state index in [9.17, 15) is 5.11 Å². The zero-order valence-corrected chi connectivity index (χ0v) is 14.2. The van der Waals surface area contributed by atoms with Crippen LogP contribution in [0.5, 0.6) is 0 Å². The van der Waals surface area contributed by atoms with Gasteiger partial charge in [-0.1, -0.05) is 66.1 Å². The fraction of sp³-hybridized carbons (Fsp3) is 0.333. The third-order valence-corrected chi connectivity index (χ3v) is 3.74. The van der Waals surface area contributed by atoms with Crippen LogP contribution in [-0.4, -0.2) is 35.9 Å². The number of aryl methyl sites for hydroxylation is 1. The monoisotopic (exact) mass is 323 g/mol. The van der Waals surface area contributed by atoms with E-state index >= 15 is 0 Å². The van der Waals surface area contributed by atoms with Crippen molar-refractivity contribution in [3.05, 3.63) is 71.3 Å². The molecule has 0 aliphatic heterocycles. The first-order valence-corrected chi connectivity index (χ1v) is 8.18. The van der Waals surface area contributed by atoms with Gasteiger partial charge in [-0.05, 0) is 18.1 Å². The second kappa shape index (κ2) is 9.89. The van der Waals surface area contributed by atoms with Gasteiger partial charge in [-0.25, -0.2) is 0 Å². The highest BCUT2D eigenvalue weighted by Gasteiger charge is 2.13. The molecule has 3 heteroatoms. The molecular formula is C21H25NO2. The average molecular weight is 323 g/mol. The fourth-order valence-corrected chi connectivity index (χ4v) is 2.58. The Balaban J connectivity index is 2.00. The van der Waals surface area contributed by atoms with Gasteiger partial charge in [0, 0.05) is 19.6 Å². The summed E-state index contributed by atoms with van der Waals surface area (Å²) in [4.78, 5) is 2.23. The zero-order chi connectivity index (χ0) is 17.2. The van der Waals surface area contributed by atoms with E-state index in [0.717, 1.165) is 13.1 Å². The molecule has 0 spiro atoms. The van der Waals surface area contributed by atoms with E-state index in [2.05, 4.69) is 54.1 Å². The van der Waals surface area contributed by atoms with Crippen LogP contribution in [0.15, 0.2) is 54.6 Å². The number of hydrogen-bond acceptors (Lipinski definition) is 3. The summed E-state index contributed by atoms with van der Waals surface area (Å²) >= 11 is 0. The third-order valence-electron chi connectivity index (χ3n) is 3.74. The number of aliphatic hydroxyl groups is 1. The second-order valence-electron chi connectivity index (χ2n) is 6.01. The molecule has 0 aromatic heterocycles. The molecule has 0 heterocycles. The Labute approximate surface area is 144 Å². The van der Waals surface area contributed by atoms with Crippen LogP contribution in [0.1, 0.15) is 16.7 Å². The number of terminal acetylenes is 1. The second-order valence-corrected chi connectivity index (χ2v) is 6.01. The van der Waals surface area contributed by atoms with Crippen molar-refractivity contribution in [2.75, 3.05) is 19.8 Å². The van der Waals surface area contributed by atoms with Crippen molar-refractivity contribution in [2.24, 2.45) is 0 Å². The Kier molecular flexibility index (Phi) is 7.51. The van der Waals surface area contributed by atoms with Gasteiger partial charge < -0.3 is 9.84 Å². The Bertz CT molecular complexity index is 631. The predicted molar refractivity (Wildman–Crippen MR) is 97.4 cm³/mol. The summed E-state index contributed by atoms with van der Waals surface area (Å²) in [6, 6.07) is 18.8. The van der Waals surface area contributed by atoms with Crippen molar-refractivity contribution in [3.8, 4) is 12.3 Å². The van der Waals surface area contributed by atoms with E-state index in [1.54, 1.807) is 0 Å². The lowest BCUT2D eigenvalue weighted by molar-refractivity contribution is 0.0243. The van der Waals surface area contributed by atoms with Gasteiger partial charge in [0.05, 0.1) is 12.7 Å². The molecule has 1 N–H and O–H groups in total. The van der Waals surface area contributed by atoms with Crippen LogP contribution in [0.3, 0.4) is 0 Å². The molecule has 126 valence electrons. The Morgan fingerprint density at radius 3 is 2.29 bits per heavy atom. The molecule has 0 saturated heterocycles. The average Bonchev–Trinajstić information content (AvgIpc) is 2.58. The first-order valence-electron chi connectivity index (χ1n) is 8.18. The standard InChI is InChI=1S/C21H25NO2/c1-3-13-24-17-21(23)16-22(14-19-7-5-4-6-8-19)15-20-11-9-18(2)10-12-20/h1,4-12,21,23H,13-17H2,2H3. The van der Waals surface area contributed by atoms with Crippen molar-refractivity contribution in [1.82, 2.24) is 4.90 Å². The lowest BCUT2D eigenvalue weighted by Crippen LogP contribution is -2.34. The molecule has 1 unspecified atom stereocenters. The van der Waals surface area contributed by atoms with Crippen molar-refractivity contribution >= 4 is 0 Å². The summed E-state index contributed by atoms with van der Waals surface area (Å²) in [5.41, 5.74) is 3.70. The van der Waals surface area contributed by atoms with E-state index in [1.165, 1.54) is 16.7 Å². The first kappa shape index (κ1) is 18.2. The van der Waals surface area contributed by atoms with E-state index in [4.69, 9.17) is 11.2 Å². The highest BCUT2D eigenvalue weighted by atomic mass is 16.5. The van der Waals surface area contributed by atoms with E-state index in [-0.39, 0.29) is 13.2 Å². The summed E-state index contributed by atoms with van der Waals surface area (Å²) in [5.74, 6) is 2.41. The molecule has 0 radical (unpaired) electrons. The molecule has 1 atom stereocenters. The molecule has 0 aliphatic carbocycles. The van der Waals surface area contributed by atoms with Gasteiger partial charge in [-0.2, -0.15) is 0 Å². The van der Waals surface area contributed by atoms with Gasteiger partial charge in [0.2, 0.25) is 0 Å². The summed E-state index contributed by atoms with van der Waals surface area (Å²) in [7, 11) is 0. The van der Waals surface area contributed by atoms with Crippen LogP contribution in [0.4, 0.5) is 0 Å². The number of aliphatic hydroxyl groups excluding tert-OH is 1. The largest absolute Gasteiger partial charge is 0.389 e. The van der Waals surface area contributed by atoms with Gasteiger partial charge in [-0.3, -0.25) is 4.90 Å². The molecule has 2 aromatic rings. The van der Waals surface area contributed by atoms with Crippen LogP contribution in [-0.2, 0) is 17.8 Å². The van der Waals surface area contributed by atoms with Gasteiger partial charge in [0.15, 0.2) is 0 Å². The van der Waals surface area contributed by atoms with Gasteiger partial charge in [-0.15, -0.1) is 6.42 Å². The van der Waals surface area contributed by atoms with Crippen LogP contribution in [0.2, 0.25) is 0 Å². The highest BCUT2D eigenvalue weighted by molar-refractivity contribution is 5.21. The molecule has 0 fully saturated rings. The normalized spacial score (nSPS) is 12.1. The van der Waals surface area contributed by atoms with Crippen LogP contribution in [0.25, 0.3) is 0 Å². The molecule has 2 aromatic carbocycles. The lowest BCUT2D eigenvalue weighted by atomic mass is 10.1. The minimum Gasteiger partial charge on any atom is -0.389 e. The van der Waals surface area contributed by atoms with E-state index in [0.29, 0.717) is 6.54 Å². The molecule has 0 bridgehead atoms.